The lowest BCUT2D eigenvalue weighted by molar-refractivity contribution is 0.492. The van der Waals surface area contributed by atoms with Crippen molar-refractivity contribution in [3.8, 4) is 5.75 Å². The smallest absolute Gasteiger partial charge is 0.250 e. The Morgan fingerprint density at radius 3 is 2.35 bits per heavy atom. The van der Waals surface area contributed by atoms with E-state index in [-0.39, 0.29) is 5.04 Å². The average Bonchev–Trinajstić information content (AvgIpc) is 2.56. The van der Waals surface area contributed by atoms with Gasteiger partial charge in [0.25, 0.3) is 8.32 Å². The molecule has 0 heterocycles. The van der Waals surface area contributed by atoms with E-state index in [0.29, 0.717) is 0 Å². The SMILES string of the molecule is CC(C)(C)[Si](C)(C)Oc1c(Cc2cccc(Br)c2)ccc2ccccc12. The summed E-state index contributed by atoms with van der Waals surface area (Å²) in [5.74, 6) is 1.06. The van der Waals surface area contributed by atoms with Crippen LogP contribution < -0.4 is 4.43 Å². The Kier molecular flexibility index (Phi) is 5.32. The predicted molar refractivity (Wildman–Crippen MR) is 119 cm³/mol. The second kappa shape index (κ2) is 7.20. The van der Waals surface area contributed by atoms with Crippen LogP contribution in [0, 0.1) is 0 Å². The second-order valence-electron chi connectivity index (χ2n) is 8.44. The summed E-state index contributed by atoms with van der Waals surface area (Å²) >= 11 is 3.58. The van der Waals surface area contributed by atoms with Crippen LogP contribution in [0.5, 0.6) is 5.75 Å². The summed E-state index contributed by atoms with van der Waals surface area (Å²) in [6.07, 6.45) is 0.869. The number of fused-ring (bicyclic) bond motifs is 1. The van der Waals surface area contributed by atoms with Crippen molar-refractivity contribution in [3.05, 3.63) is 76.3 Å². The van der Waals surface area contributed by atoms with E-state index >= 15 is 0 Å². The fraction of sp³-hybridized carbons (Fsp3) is 0.304. The van der Waals surface area contributed by atoms with E-state index in [0.717, 1.165) is 16.6 Å². The molecule has 0 atom stereocenters. The van der Waals surface area contributed by atoms with E-state index < -0.39 is 8.32 Å². The van der Waals surface area contributed by atoms with Gasteiger partial charge >= 0.3 is 0 Å². The molecule has 3 aromatic rings. The molecule has 0 saturated carbocycles. The van der Waals surface area contributed by atoms with Crippen molar-refractivity contribution in [1.82, 2.24) is 0 Å². The summed E-state index contributed by atoms with van der Waals surface area (Å²) in [7, 11) is -1.93. The molecule has 0 bridgehead atoms. The molecule has 26 heavy (non-hydrogen) atoms. The van der Waals surface area contributed by atoms with Crippen LogP contribution in [0.3, 0.4) is 0 Å². The van der Waals surface area contributed by atoms with E-state index in [4.69, 9.17) is 4.43 Å². The molecule has 3 rings (SSSR count). The molecule has 0 aliphatic rings. The fourth-order valence-corrected chi connectivity index (χ4v) is 4.33. The standard InChI is InChI=1S/C23H27BrOSi/c1-23(2,3)26(4,5)25-22-19(15-17-9-8-11-20(24)16-17)14-13-18-10-6-7-12-21(18)22/h6-14,16H,15H2,1-5H3. The minimum absolute atomic E-state index is 0.164. The van der Waals surface area contributed by atoms with Gasteiger partial charge in [0.15, 0.2) is 0 Å². The van der Waals surface area contributed by atoms with E-state index in [1.54, 1.807) is 0 Å². The summed E-state index contributed by atoms with van der Waals surface area (Å²) in [6, 6.07) is 21.5. The van der Waals surface area contributed by atoms with Crippen LogP contribution in [-0.2, 0) is 6.42 Å². The van der Waals surface area contributed by atoms with Crippen LogP contribution >= 0.6 is 15.9 Å². The zero-order valence-corrected chi connectivity index (χ0v) is 18.9. The quantitative estimate of drug-likeness (QED) is 0.390. The Hall–Kier alpha value is -1.58. The third-order valence-corrected chi connectivity index (χ3v) is 10.2. The summed E-state index contributed by atoms with van der Waals surface area (Å²) in [5, 5.41) is 2.61. The van der Waals surface area contributed by atoms with Gasteiger partial charge in [-0.15, -0.1) is 0 Å². The van der Waals surface area contributed by atoms with Crippen LogP contribution in [0.4, 0.5) is 0 Å². The van der Waals surface area contributed by atoms with Crippen molar-refractivity contribution in [2.75, 3.05) is 0 Å². The topological polar surface area (TPSA) is 9.23 Å². The molecule has 3 aromatic carbocycles. The molecule has 0 aromatic heterocycles. The van der Waals surface area contributed by atoms with Gasteiger partial charge in [0.05, 0.1) is 0 Å². The molecule has 0 amide bonds. The molecule has 0 saturated heterocycles. The van der Waals surface area contributed by atoms with Crippen molar-refractivity contribution in [2.45, 2.75) is 45.3 Å². The maximum atomic E-state index is 6.84. The zero-order valence-electron chi connectivity index (χ0n) is 16.3. The maximum absolute atomic E-state index is 6.84. The van der Waals surface area contributed by atoms with Gasteiger partial charge in [-0.3, -0.25) is 0 Å². The minimum atomic E-state index is -1.93. The van der Waals surface area contributed by atoms with Crippen molar-refractivity contribution in [1.29, 1.82) is 0 Å². The van der Waals surface area contributed by atoms with Gasteiger partial charge in [0.2, 0.25) is 0 Å². The monoisotopic (exact) mass is 426 g/mol. The highest BCUT2D eigenvalue weighted by Gasteiger charge is 2.39. The largest absolute Gasteiger partial charge is 0.543 e. The molecule has 0 N–H and O–H groups in total. The molecule has 0 fully saturated rings. The summed E-state index contributed by atoms with van der Waals surface area (Å²) in [4.78, 5) is 0. The van der Waals surface area contributed by atoms with Crippen LogP contribution in [-0.4, -0.2) is 8.32 Å². The van der Waals surface area contributed by atoms with E-state index in [9.17, 15) is 0 Å². The molecule has 136 valence electrons. The molecular formula is C23H27BrOSi. The molecule has 0 unspecified atom stereocenters. The number of hydrogen-bond donors (Lipinski definition) is 0. The molecule has 1 nitrogen and oxygen atoms in total. The first-order chi connectivity index (χ1) is 12.2. The normalized spacial score (nSPS) is 12.4. The van der Waals surface area contributed by atoms with Gasteiger partial charge in [-0.05, 0) is 46.8 Å². The minimum Gasteiger partial charge on any atom is -0.543 e. The Bertz CT molecular complexity index is 925. The van der Waals surface area contributed by atoms with Gasteiger partial charge in [0.1, 0.15) is 5.75 Å². The third-order valence-electron chi connectivity index (χ3n) is 5.41. The van der Waals surface area contributed by atoms with Crippen molar-refractivity contribution in [2.24, 2.45) is 0 Å². The Morgan fingerprint density at radius 2 is 1.65 bits per heavy atom. The van der Waals surface area contributed by atoms with Gasteiger partial charge in [-0.2, -0.15) is 0 Å². The maximum Gasteiger partial charge on any atom is 0.250 e. The van der Waals surface area contributed by atoms with Crippen molar-refractivity contribution < 1.29 is 4.43 Å². The van der Waals surface area contributed by atoms with Crippen LogP contribution in [0.2, 0.25) is 18.1 Å². The fourth-order valence-electron chi connectivity index (χ4n) is 2.82. The van der Waals surface area contributed by atoms with Crippen LogP contribution in [0.1, 0.15) is 31.9 Å². The zero-order chi connectivity index (χ0) is 18.9. The van der Waals surface area contributed by atoms with Crippen molar-refractivity contribution >= 4 is 35.0 Å². The van der Waals surface area contributed by atoms with Crippen LogP contribution in [0.15, 0.2) is 65.1 Å². The molecule has 3 heteroatoms. The lowest BCUT2D eigenvalue weighted by Gasteiger charge is -2.37. The molecular weight excluding hydrogens is 400 g/mol. The molecule has 0 spiro atoms. The summed E-state index contributed by atoms with van der Waals surface area (Å²) in [5.41, 5.74) is 2.54. The van der Waals surface area contributed by atoms with Gasteiger partial charge in [0, 0.05) is 16.3 Å². The summed E-state index contributed by atoms with van der Waals surface area (Å²) in [6.45, 7) is 11.5. The highest BCUT2D eigenvalue weighted by atomic mass is 79.9. The highest BCUT2D eigenvalue weighted by molar-refractivity contribution is 9.10. The van der Waals surface area contributed by atoms with Gasteiger partial charge in [-0.25, -0.2) is 0 Å². The number of rotatable bonds is 4. The van der Waals surface area contributed by atoms with E-state index in [1.165, 1.54) is 21.9 Å². The second-order valence-corrected chi connectivity index (χ2v) is 14.1. The first-order valence-electron chi connectivity index (χ1n) is 9.11. The number of hydrogen-bond acceptors (Lipinski definition) is 1. The Balaban J connectivity index is 2.11. The van der Waals surface area contributed by atoms with Crippen LogP contribution in [0.25, 0.3) is 10.8 Å². The number of benzene rings is 3. The number of halogens is 1. The van der Waals surface area contributed by atoms with Gasteiger partial charge in [-0.1, -0.05) is 85.2 Å². The van der Waals surface area contributed by atoms with Crippen molar-refractivity contribution in [3.63, 3.8) is 0 Å². The lowest BCUT2D eigenvalue weighted by atomic mass is 10.00. The highest BCUT2D eigenvalue weighted by Crippen LogP contribution is 2.41. The molecule has 0 radical (unpaired) electrons. The van der Waals surface area contributed by atoms with Gasteiger partial charge < -0.3 is 4.43 Å². The van der Waals surface area contributed by atoms with E-state index in [1.807, 2.05) is 0 Å². The third kappa shape index (κ3) is 4.05. The Morgan fingerprint density at radius 1 is 0.923 bits per heavy atom. The summed E-state index contributed by atoms with van der Waals surface area (Å²) < 4.78 is 7.95. The molecule has 0 aliphatic carbocycles. The lowest BCUT2D eigenvalue weighted by Crippen LogP contribution is -2.44. The Labute approximate surface area is 166 Å². The first-order valence-corrected chi connectivity index (χ1v) is 12.8. The van der Waals surface area contributed by atoms with E-state index in [2.05, 4.69) is 110 Å². The average molecular weight is 427 g/mol. The predicted octanol–water partition coefficient (Wildman–Crippen LogP) is 7.58. The molecule has 0 aliphatic heterocycles. The first kappa shape index (κ1) is 19.2.